The van der Waals surface area contributed by atoms with Crippen molar-refractivity contribution in [3.63, 3.8) is 0 Å². The maximum Gasteiger partial charge on any atom is 0.313 e. The molecule has 6 N–H and O–H groups in total. The van der Waals surface area contributed by atoms with E-state index in [0.717, 1.165) is 19.3 Å². The molecule has 14 heavy (non-hydrogen) atoms. The van der Waals surface area contributed by atoms with E-state index in [2.05, 4.69) is 10.6 Å². The Labute approximate surface area is 82.4 Å². The van der Waals surface area contributed by atoms with Crippen LogP contribution in [-0.4, -0.2) is 17.7 Å². The molecule has 0 bridgehead atoms. The first kappa shape index (κ1) is 10.6. The molecule has 0 aromatic heterocycles. The van der Waals surface area contributed by atoms with Crippen LogP contribution in [0, 0.1) is 0 Å². The molecule has 6 nitrogen and oxygen atoms in total. The maximum atomic E-state index is 10.8. The number of nitrogens with two attached hydrogens (primary N) is 2. The quantitative estimate of drug-likeness (QED) is 0.470. The van der Waals surface area contributed by atoms with E-state index in [1.54, 1.807) is 0 Å². The van der Waals surface area contributed by atoms with Gasteiger partial charge in [-0.05, 0) is 25.7 Å². The summed E-state index contributed by atoms with van der Waals surface area (Å²) in [6.45, 7) is 0. The fourth-order valence-corrected chi connectivity index (χ4v) is 1.91. The van der Waals surface area contributed by atoms with E-state index in [4.69, 9.17) is 11.5 Å². The van der Waals surface area contributed by atoms with Gasteiger partial charge < -0.3 is 22.1 Å². The minimum absolute atomic E-state index is 0.638. The predicted octanol–water partition coefficient (Wildman–Crippen LogP) is -0.0166. The molecule has 0 aliphatic heterocycles. The molecule has 1 aliphatic carbocycles. The van der Waals surface area contributed by atoms with E-state index in [0.29, 0.717) is 12.8 Å². The normalized spacial score (nSPS) is 19.7. The molecule has 0 radical (unpaired) electrons. The van der Waals surface area contributed by atoms with Gasteiger partial charge in [-0.2, -0.15) is 0 Å². The third-order valence-electron chi connectivity index (χ3n) is 2.43. The zero-order valence-electron chi connectivity index (χ0n) is 8.01. The minimum Gasteiger partial charge on any atom is -0.352 e. The van der Waals surface area contributed by atoms with Crippen LogP contribution >= 0.6 is 0 Å². The van der Waals surface area contributed by atoms with Gasteiger partial charge >= 0.3 is 12.1 Å². The van der Waals surface area contributed by atoms with Gasteiger partial charge in [0.1, 0.15) is 5.66 Å². The molecule has 1 saturated carbocycles. The summed E-state index contributed by atoms with van der Waals surface area (Å²) in [6, 6.07) is -1.28. The lowest BCUT2D eigenvalue weighted by molar-refractivity contribution is 0.179. The summed E-state index contributed by atoms with van der Waals surface area (Å²) in [7, 11) is 0. The molecular formula is C8H16N4O2. The summed E-state index contributed by atoms with van der Waals surface area (Å²) in [5, 5.41) is 5.11. The molecule has 1 fully saturated rings. The summed E-state index contributed by atoms with van der Waals surface area (Å²) < 4.78 is 0. The number of primary amides is 2. The molecule has 0 saturated heterocycles. The Balaban J connectivity index is 2.66. The first-order valence-electron chi connectivity index (χ1n) is 4.69. The second-order valence-electron chi connectivity index (χ2n) is 3.62. The summed E-state index contributed by atoms with van der Waals surface area (Å²) in [6.07, 6.45) is 4.35. The van der Waals surface area contributed by atoms with Crippen LogP contribution in [0.25, 0.3) is 0 Å². The highest BCUT2D eigenvalue weighted by Crippen LogP contribution is 2.25. The van der Waals surface area contributed by atoms with E-state index in [9.17, 15) is 9.59 Å². The van der Waals surface area contributed by atoms with Crippen LogP contribution in [0.2, 0.25) is 0 Å². The summed E-state index contributed by atoms with van der Waals surface area (Å²) in [5.41, 5.74) is 9.36. The van der Waals surface area contributed by atoms with E-state index in [-0.39, 0.29) is 0 Å². The van der Waals surface area contributed by atoms with Gasteiger partial charge in [0.25, 0.3) is 0 Å². The van der Waals surface area contributed by atoms with Gasteiger partial charge in [-0.25, -0.2) is 9.59 Å². The Hall–Kier alpha value is -1.46. The molecule has 0 aromatic rings. The molecule has 6 heteroatoms. The number of hydrogen-bond donors (Lipinski definition) is 4. The number of carbonyl (C=O) groups is 2. The third-order valence-corrected chi connectivity index (χ3v) is 2.43. The van der Waals surface area contributed by atoms with Crippen molar-refractivity contribution in [2.75, 3.05) is 0 Å². The number of urea groups is 2. The van der Waals surface area contributed by atoms with Crippen molar-refractivity contribution < 1.29 is 9.59 Å². The average molecular weight is 200 g/mol. The van der Waals surface area contributed by atoms with Gasteiger partial charge in [-0.1, -0.05) is 6.42 Å². The topological polar surface area (TPSA) is 110 Å². The second kappa shape index (κ2) is 4.17. The van der Waals surface area contributed by atoms with Gasteiger partial charge in [0.2, 0.25) is 0 Å². The first-order valence-corrected chi connectivity index (χ1v) is 4.69. The molecule has 0 heterocycles. The Morgan fingerprint density at radius 2 is 1.36 bits per heavy atom. The fourth-order valence-electron chi connectivity index (χ4n) is 1.91. The number of amides is 4. The van der Waals surface area contributed by atoms with E-state index in [1.807, 2.05) is 0 Å². The highest BCUT2D eigenvalue weighted by molar-refractivity contribution is 5.76. The highest BCUT2D eigenvalue weighted by Gasteiger charge is 2.33. The lowest BCUT2D eigenvalue weighted by Gasteiger charge is -2.37. The molecule has 80 valence electrons. The molecule has 0 atom stereocenters. The number of rotatable bonds is 2. The fraction of sp³-hybridized carbons (Fsp3) is 0.750. The Morgan fingerprint density at radius 1 is 0.929 bits per heavy atom. The van der Waals surface area contributed by atoms with E-state index < -0.39 is 17.7 Å². The van der Waals surface area contributed by atoms with Gasteiger partial charge in [0.05, 0.1) is 0 Å². The molecular weight excluding hydrogens is 184 g/mol. The maximum absolute atomic E-state index is 10.8. The summed E-state index contributed by atoms with van der Waals surface area (Å²) in [4.78, 5) is 21.5. The molecule has 4 amide bonds. The molecule has 0 spiro atoms. The van der Waals surface area contributed by atoms with Gasteiger partial charge in [-0.15, -0.1) is 0 Å². The van der Waals surface area contributed by atoms with Crippen molar-refractivity contribution >= 4 is 12.1 Å². The van der Waals surface area contributed by atoms with Crippen molar-refractivity contribution in [3.05, 3.63) is 0 Å². The van der Waals surface area contributed by atoms with Crippen LogP contribution in [0.1, 0.15) is 32.1 Å². The zero-order chi connectivity index (χ0) is 10.6. The Bertz CT molecular complexity index is 217. The first-order chi connectivity index (χ1) is 6.54. The monoisotopic (exact) mass is 200 g/mol. The summed E-state index contributed by atoms with van der Waals surface area (Å²) in [5.74, 6) is 0. The molecule has 1 aliphatic rings. The third kappa shape index (κ3) is 2.79. The average Bonchev–Trinajstić information content (AvgIpc) is 2.01. The van der Waals surface area contributed by atoms with Crippen molar-refractivity contribution in [1.29, 1.82) is 0 Å². The predicted molar refractivity (Wildman–Crippen MR) is 51.3 cm³/mol. The van der Waals surface area contributed by atoms with Crippen LogP contribution in [0.5, 0.6) is 0 Å². The van der Waals surface area contributed by atoms with Crippen LogP contribution in [0.15, 0.2) is 0 Å². The van der Waals surface area contributed by atoms with Crippen molar-refractivity contribution in [3.8, 4) is 0 Å². The SMILES string of the molecule is NC(=O)NC1(NC(N)=O)CCCCC1. The number of carbonyl (C=O) groups excluding carboxylic acids is 2. The van der Waals surface area contributed by atoms with Crippen LogP contribution in [-0.2, 0) is 0 Å². The van der Waals surface area contributed by atoms with Crippen molar-refractivity contribution in [2.24, 2.45) is 11.5 Å². The number of hydrogen-bond acceptors (Lipinski definition) is 2. The minimum atomic E-state index is -0.726. The molecule has 0 unspecified atom stereocenters. The smallest absolute Gasteiger partial charge is 0.313 e. The van der Waals surface area contributed by atoms with Gasteiger partial charge in [-0.3, -0.25) is 0 Å². The van der Waals surface area contributed by atoms with Gasteiger partial charge in [0, 0.05) is 0 Å². The lowest BCUT2D eigenvalue weighted by Crippen LogP contribution is -2.63. The highest BCUT2D eigenvalue weighted by atomic mass is 16.2. The van der Waals surface area contributed by atoms with E-state index >= 15 is 0 Å². The van der Waals surface area contributed by atoms with Crippen LogP contribution in [0.4, 0.5) is 9.59 Å². The molecule has 1 rings (SSSR count). The lowest BCUT2D eigenvalue weighted by atomic mass is 9.89. The standard InChI is InChI=1S/C8H16N4O2/c9-6(13)11-8(12-7(10)14)4-2-1-3-5-8/h1-5H2,(H3,9,11,13)(H3,10,12,14). The van der Waals surface area contributed by atoms with Crippen LogP contribution < -0.4 is 22.1 Å². The molecule has 0 aromatic carbocycles. The Kier molecular flexibility index (Phi) is 3.16. The largest absolute Gasteiger partial charge is 0.352 e. The Morgan fingerprint density at radius 3 is 1.71 bits per heavy atom. The van der Waals surface area contributed by atoms with Crippen LogP contribution in [0.3, 0.4) is 0 Å². The second-order valence-corrected chi connectivity index (χ2v) is 3.62. The number of nitrogens with one attached hydrogen (secondary N) is 2. The summed E-state index contributed by atoms with van der Waals surface area (Å²) >= 11 is 0. The van der Waals surface area contributed by atoms with E-state index in [1.165, 1.54) is 0 Å². The van der Waals surface area contributed by atoms with Crippen molar-refractivity contribution in [2.45, 2.75) is 37.8 Å². The van der Waals surface area contributed by atoms with Crippen molar-refractivity contribution in [1.82, 2.24) is 10.6 Å². The zero-order valence-corrected chi connectivity index (χ0v) is 8.01. The van der Waals surface area contributed by atoms with Gasteiger partial charge in [0.15, 0.2) is 0 Å².